The van der Waals surface area contributed by atoms with Crippen LogP contribution in [0.4, 0.5) is 0 Å². The first kappa shape index (κ1) is 17.5. The van der Waals surface area contributed by atoms with Crippen molar-refractivity contribution in [1.29, 1.82) is 0 Å². The molecule has 1 aliphatic rings. The highest BCUT2D eigenvalue weighted by atomic mass is 31.1. The van der Waals surface area contributed by atoms with Crippen LogP contribution in [0.25, 0.3) is 0 Å². The molecule has 1 rings (SSSR count). The van der Waals surface area contributed by atoms with E-state index < -0.39 is 0 Å². The van der Waals surface area contributed by atoms with Crippen LogP contribution >= 0.6 is 8.58 Å². The Kier molecular flexibility index (Phi) is 9.38. The zero-order valence-corrected chi connectivity index (χ0v) is 14.8. The van der Waals surface area contributed by atoms with Crippen molar-refractivity contribution in [1.82, 2.24) is 0 Å². The molecule has 0 heterocycles. The summed E-state index contributed by atoms with van der Waals surface area (Å²) in [5, 5.41) is 0. The van der Waals surface area contributed by atoms with Gasteiger partial charge in [-0.25, -0.2) is 0 Å². The lowest BCUT2D eigenvalue weighted by atomic mass is 9.68. The van der Waals surface area contributed by atoms with E-state index in [9.17, 15) is 0 Å². The third-order valence-corrected chi connectivity index (χ3v) is 6.74. The van der Waals surface area contributed by atoms with E-state index in [-0.39, 0.29) is 0 Å². The molecule has 0 aromatic carbocycles. The van der Waals surface area contributed by atoms with Gasteiger partial charge in [0.25, 0.3) is 0 Å². The van der Waals surface area contributed by atoms with Gasteiger partial charge in [-0.15, -0.1) is 8.58 Å². The fourth-order valence-electron chi connectivity index (χ4n) is 3.79. The SMILES string of the molecule is CCCCPC1CCCC(CCCC)(CCCC)C1. The van der Waals surface area contributed by atoms with Crippen molar-refractivity contribution in [2.75, 3.05) is 6.16 Å². The summed E-state index contributed by atoms with van der Waals surface area (Å²) in [4.78, 5) is 0. The van der Waals surface area contributed by atoms with Crippen LogP contribution in [0.15, 0.2) is 0 Å². The molecule has 1 saturated carbocycles. The molecule has 0 nitrogen and oxygen atoms in total. The van der Waals surface area contributed by atoms with E-state index >= 15 is 0 Å². The van der Waals surface area contributed by atoms with Gasteiger partial charge in [-0.1, -0.05) is 59.3 Å². The normalized spacial score (nSPS) is 23.2. The van der Waals surface area contributed by atoms with Gasteiger partial charge in [-0.05, 0) is 55.8 Å². The zero-order chi connectivity index (χ0) is 14.0. The van der Waals surface area contributed by atoms with E-state index in [1.807, 2.05) is 0 Å². The Hall–Kier alpha value is 0.430. The Balaban J connectivity index is 2.47. The lowest BCUT2D eigenvalue weighted by Gasteiger charge is -2.42. The van der Waals surface area contributed by atoms with Gasteiger partial charge in [0.2, 0.25) is 0 Å². The van der Waals surface area contributed by atoms with Gasteiger partial charge in [0.1, 0.15) is 0 Å². The minimum atomic E-state index is 0.758. The van der Waals surface area contributed by atoms with Gasteiger partial charge in [0.05, 0.1) is 0 Å². The van der Waals surface area contributed by atoms with E-state index in [0.717, 1.165) is 11.1 Å². The Morgan fingerprint density at radius 2 is 1.58 bits per heavy atom. The van der Waals surface area contributed by atoms with Crippen LogP contribution in [0.3, 0.4) is 0 Å². The smallest absolute Gasteiger partial charge is 0.0231 e. The molecular weight excluding hydrogens is 247 g/mol. The van der Waals surface area contributed by atoms with Crippen molar-refractivity contribution >= 4 is 8.58 Å². The van der Waals surface area contributed by atoms with Gasteiger partial charge < -0.3 is 0 Å². The second-order valence-electron chi connectivity index (χ2n) is 6.81. The maximum atomic E-state index is 2.36. The zero-order valence-electron chi connectivity index (χ0n) is 13.8. The lowest BCUT2D eigenvalue weighted by molar-refractivity contribution is 0.152. The fraction of sp³-hybridized carbons (Fsp3) is 1.00. The van der Waals surface area contributed by atoms with Crippen LogP contribution in [0.2, 0.25) is 0 Å². The van der Waals surface area contributed by atoms with Gasteiger partial charge in [0, 0.05) is 0 Å². The van der Waals surface area contributed by atoms with Crippen molar-refractivity contribution < 1.29 is 0 Å². The summed E-state index contributed by atoms with van der Waals surface area (Å²) in [6.45, 7) is 7.05. The third kappa shape index (κ3) is 6.61. The predicted octanol–water partition coefficient (Wildman–Crippen LogP) is 6.77. The minimum absolute atomic E-state index is 0.758. The van der Waals surface area contributed by atoms with Crippen molar-refractivity contribution in [2.24, 2.45) is 5.41 Å². The molecule has 1 heteroatoms. The number of hydrogen-bond acceptors (Lipinski definition) is 0. The highest BCUT2D eigenvalue weighted by Crippen LogP contribution is 2.49. The molecule has 0 radical (unpaired) electrons. The molecule has 0 saturated heterocycles. The van der Waals surface area contributed by atoms with Gasteiger partial charge in [0.15, 0.2) is 0 Å². The molecule has 0 spiro atoms. The molecule has 1 fully saturated rings. The lowest BCUT2D eigenvalue weighted by Crippen LogP contribution is -2.30. The molecule has 0 N–H and O–H groups in total. The molecule has 19 heavy (non-hydrogen) atoms. The summed E-state index contributed by atoms with van der Waals surface area (Å²) in [6.07, 6.45) is 19.3. The first-order valence-corrected chi connectivity index (χ1v) is 10.3. The molecule has 2 unspecified atom stereocenters. The summed E-state index contributed by atoms with van der Waals surface area (Å²) < 4.78 is 0. The Morgan fingerprint density at radius 1 is 0.947 bits per heavy atom. The summed E-state index contributed by atoms with van der Waals surface area (Å²) in [6, 6.07) is 0. The quantitative estimate of drug-likeness (QED) is 0.306. The second kappa shape index (κ2) is 10.2. The van der Waals surface area contributed by atoms with Crippen molar-refractivity contribution in [3.63, 3.8) is 0 Å². The van der Waals surface area contributed by atoms with E-state index in [1.165, 1.54) is 72.5 Å². The predicted molar refractivity (Wildman–Crippen MR) is 91.8 cm³/mol. The maximum absolute atomic E-state index is 2.36. The molecule has 0 amide bonds. The Labute approximate surface area is 124 Å². The summed E-state index contributed by atoms with van der Waals surface area (Å²) >= 11 is 0. The standard InChI is InChI=1S/C18H37P/c1-4-7-12-18(13-8-5-2)14-10-11-17(16-18)19-15-9-6-3/h17,19H,4-16H2,1-3H3. The molecule has 2 atom stereocenters. The third-order valence-electron chi connectivity index (χ3n) is 5.02. The van der Waals surface area contributed by atoms with E-state index in [4.69, 9.17) is 0 Å². The Morgan fingerprint density at radius 3 is 2.16 bits per heavy atom. The number of hydrogen-bond donors (Lipinski definition) is 0. The van der Waals surface area contributed by atoms with Gasteiger partial charge in [-0.3, -0.25) is 0 Å². The monoisotopic (exact) mass is 284 g/mol. The first-order chi connectivity index (χ1) is 9.26. The van der Waals surface area contributed by atoms with Crippen molar-refractivity contribution in [3.8, 4) is 0 Å². The molecule has 0 bridgehead atoms. The van der Waals surface area contributed by atoms with Crippen LogP contribution in [0.5, 0.6) is 0 Å². The van der Waals surface area contributed by atoms with Gasteiger partial charge in [-0.2, -0.15) is 0 Å². The molecular formula is C18H37P. The maximum Gasteiger partial charge on any atom is -0.0231 e. The van der Waals surface area contributed by atoms with E-state index in [1.54, 1.807) is 19.3 Å². The van der Waals surface area contributed by atoms with Crippen molar-refractivity contribution in [2.45, 2.75) is 103 Å². The number of rotatable bonds is 10. The molecule has 1 aliphatic carbocycles. The van der Waals surface area contributed by atoms with Crippen molar-refractivity contribution in [3.05, 3.63) is 0 Å². The van der Waals surface area contributed by atoms with Crippen LogP contribution in [-0.2, 0) is 0 Å². The molecule has 0 aromatic heterocycles. The fourth-order valence-corrected chi connectivity index (χ4v) is 5.74. The largest absolute Gasteiger partial charge is 0.119 e. The van der Waals surface area contributed by atoms with Crippen LogP contribution in [0.1, 0.15) is 97.8 Å². The van der Waals surface area contributed by atoms with E-state index in [0.29, 0.717) is 0 Å². The summed E-state index contributed by atoms with van der Waals surface area (Å²) in [7, 11) is 1.27. The van der Waals surface area contributed by atoms with Crippen LogP contribution in [0, 0.1) is 5.41 Å². The topological polar surface area (TPSA) is 0 Å². The van der Waals surface area contributed by atoms with Crippen LogP contribution < -0.4 is 0 Å². The minimum Gasteiger partial charge on any atom is -0.119 e. The molecule has 114 valence electrons. The average molecular weight is 284 g/mol. The van der Waals surface area contributed by atoms with Gasteiger partial charge >= 0.3 is 0 Å². The van der Waals surface area contributed by atoms with Crippen LogP contribution in [-0.4, -0.2) is 11.8 Å². The highest BCUT2D eigenvalue weighted by molar-refractivity contribution is 7.38. The second-order valence-corrected chi connectivity index (χ2v) is 8.53. The summed E-state index contributed by atoms with van der Waals surface area (Å²) in [5.74, 6) is 0. The molecule has 0 aliphatic heterocycles. The van der Waals surface area contributed by atoms with E-state index in [2.05, 4.69) is 20.8 Å². The Bertz CT molecular complexity index is 204. The average Bonchev–Trinajstić information content (AvgIpc) is 2.44. The number of unbranched alkanes of at least 4 members (excludes halogenated alkanes) is 3. The highest BCUT2D eigenvalue weighted by Gasteiger charge is 2.34. The first-order valence-electron chi connectivity index (χ1n) is 8.99. The molecule has 0 aromatic rings. The summed E-state index contributed by atoms with van der Waals surface area (Å²) in [5.41, 5.74) is 1.85.